The summed E-state index contributed by atoms with van der Waals surface area (Å²) >= 11 is 0. The van der Waals surface area contributed by atoms with Gasteiger partial charge in [0.2, 0.25) is 5.91 Å². The molecule has 8 nitrogen and oxygen atoms in total. The molecular formula is C24H27N3O5. The number of hydrogen-bond acceptors (Lipinski definition) is 5. The van der Waals surface area contributed by atoms with Crippen LogP contribution in [0.4, 0.5) is 10.5 Å². The lowest BCUT2D eigenvalue weighted by Gasteiger charge is -2.15. The first-order valence-corrected chi connectivity index (χ1v) is 10.2. The van der Waals surface area contributed by atoms with Crippen LogP contribution in [0.5, 0.6) is 11.5 Å². The van der Waals surface area contributed by atoms with Gasteiger partial charge >= 0.3 is 6.03 Å². The second kappa shape index (κ2) is 9.55. The number of hydrogen-bond donors (Lipinski definition) is 2. The van der Waals surface area contributed by atoms with Gasteiger partial charge in [0.15, 0.2) is 0 Å². The molecular weight excluding hydrogens is 410 g/mol. The van der Waals surface area contributed by atoms with Gasteiger partial charge in [-0.2, -0.15) is 0 Å². The van der Waals surface area contributed by atoms with Crippen molar-refractivity contribution in [3.63, 3.8) is 0 Å². The van der Waals surface area contributed by atoms with E-state index in [1.54, 1.807) is 37.5 Å². The molecule has 2 aromatic rings. The van der Waals surface area contributed by atoms with Crippen molar-refractivity contribution < 1.29 is 23.9 Å². The second-order valence-electron chi connectivity index (χ2n) is 7.73. The van der Waals surface area contributed by atoms with Crippen molar-refractivity contribution in [2.24, 2.45) is 0 Å². The number of amides is 4. The molecule has 1 aliphatic rings. The summed E-state index contributed by atoms with van der Waals surface area (Å²) in [4.78, 5) is 38.6. The molecule has 1 aliphatic heterocycles. The minimum absolute atomic E-state index is 0.114. The molecule has 0 aliphatic carbocycles. The number of imide groups is 1. The van der Waals surface area contributed by atoms with Crippen molar-refractivity contribution in [3.05, 3.63) is 58.8 Å². The SMILES string of the molecule is COc1ccccc1NC(=O)CN1C(=O)N/C(=C/c2cc(C(C)C)c(OC)cc2C)C1=O. The third-order valence-electron chi connectivity index (χ3n) is 5.19. The van der Waals surface area contributed by atoms with Gasteiger partial charge in [-0.15, -0.1) is 0 Å². The van der Waals surface area contributed by atoms with Crippen LogP contribution in [0.1, 0.15) is 36.5 Å². The van der Waals surface area contributed by atoms with E-state index in [2.05, 4.69) is 24.5 Å². The first-order valence-electron chi connectivity index (χ1n) is 10.2. The first kappa shape index (κ1) is 22.9. The van der Waals surface area contributed by atoms with Crippen molar-refractivity contribution in [1.29, 1.82) is 0 Å². The van der Waals surface area contributed by atoms with Crippen molar-refractivity contribution in [1.82, 2.24) is 10.2 Å². The largest absolute Gasteiger partial charge is 0.496 e. The maximum atomic E-state index is 12.8. The van der Waals surface area contributed by atoms with Crippen LogP contribution in [0.15, 0.2) is 42.1 Å². The van der Waals surface area contributed by atoms with E-state index in [1.807, 2.05) is 19.1 Å². The summed E-state index contributed by atoms with van der Waals surface area (Å²) in [5.74, 6) is 0.394. The average Bonchev–Trinajstić information content (AvgIpc) is 3.02. The fourth-order valence-electron chi connectivity index (χ4n) is 3.45. The number of carbonyl (C=O) groups is 3. The Balaban J connectivity index is 1.79. The minimum atomic E-state index is -0.647. The molecule has 0 bridgehead atoms. The predicted molar refractivity (Wildman–Crippen MR) is 122 cm³/mol. The molecule has 2 aromatic carbocycles. The molecule has 2 N–H and O–H groups in total. The normalized spacial score (nSPS) is 14.7. The van der Waals surface area contributed by atoms with Gasteiger partial charge < -0.3 is 20.1 Å². The maximum Gasteiger partial charge on any atom is 0.329 e. The number of ether oxygens (including phenoxy) is 2. The Labute approximate surface area is 187 Å². The van der Waals surface area contributed by atoms with Crippen LogP contribution in [-0.4, -0.2) is 43.5 Å². The predicted octanol–water partition coefficient (Wildman–Crippen LogP) is 3.67. The van der Waals surface area contributed by atoms with Crippen LogP contribution in [0.3, 0.4) is 0 Å². The summed E-state index contributed by atoms with van der Waals surface area (Å²) in [5.41, 5.74) is 3.25. The van der Waals surface area contributed by atoms with E-state index in [0.29, 0.717) is 11.4 Å². The lowest BCUT2D eigenvalue weighted by atomic mass is 9.96. The fraction of sp³-hybridized carbons (Fsp3) is 0.292. The van der Waals surface area contributed by atoms with Crippen LogP contribution in [-0.2, 0) is 9.59 Å². The summed E-state index contributed by atoms with van der Waals surface area (Å²) in [6.45, 7) is 5.58. The zero-order valence-corrected chi connectivity index (χ0v) is 18.8. The van der Waals surface area contributed by atoms with Gasteiger partial charge in [-0.05, 0) is 59.9 Å². The van der Waals surface area contributed by atoms with Crippen LogP contribution in [0, 0.1) is 6.92 Å². The number of nitrogens with zero attached hydrogens (tertiary/aromatic N) is 1. The average molecular weight is 437 g/mol. The Bertz CT molecular complexity index is 1090. The van der Waals surface area contributed by atoms with Crippen molar-refractivity contribution >= 4 is 29.6 Å². The molecule has 1 saturated heterocycles. The zero-order chi connectivity index (χ0) is 23.4. The van der Waals surface area contributed by atoms with Crippen molar-refractivity contribution in [2.45, 2.75) is 26.7 Å². The number of nitrogens with one attached hydrogen (secondary N) is 2. The van der Waals surface area contributed by atoms with Gasteiger partial charge in [0.05, 0.1) is 19.9 Å². The van der Waals surface area contributed by atoms with Crippen LogP contribution >= 0.6 is 0 Å². The summed E-state index contributed by atoms with van der Waals surface area (Å²) < 4.78 is 10.7. The van der Waals surface area contributed by atoms with Gasteiger partial charge in [-0.3, -0.25) is 9.59 Å². The number of methoxy groups -OCH3 is 2. The molecule has 0 atom stereocenters. The van der Waals surface area contributed by atoms with Crippen LogP contribution in [0.25, 0.3) is 6.08 Å². The summed E-state index contributed by atoms with van der Waals surface area (Å²) in [7, 11) is 3.11. The molecule has 4 amide bonds. The Morgan fingerprint density at radius 3 is 2.47 bits per heavy atom. The van der Waals surface area contributed by atoms with Gasteiger partial charge in [-0.1, -0.05) is 26.0 Å². The summed E-state index contributed by atoms with van der Waals surface area (Å²) in [5, 5.41) is 5.23. The molecule has 0 saturated carbocycles. The van der Waals surface area contributed by atoms with Crippen LogP contribution < -0.4 is 20.1 Å². The smallest absolute Gasteiger partial charge is 0.329 e. The molecule has 168 valence electrons. The third kappa shape index (κ3) is 4.74. The van der Waals surface area contributed by atoms with E-state index < -0.39 is 24.4 Å². The fourth-order valence-corrected chi connectivity index (χ4v) is 3.45. The van der Waals surface area contributed by atoms with E-state index in [-0.39, 0.29) is 11.6 Å². The van der Waals surface area contributed by atoms with Gasteiger partial charge in [0.1, 0.15) is 23.7 Å². The van der Waals surface area contributed by atoms with E-state index in [4.69, 9.17) is 9.47 Å². The summed E-state index contributed by atoms with van der Waals surface area (Å²) in [6.07, 6.45) is 1.62. The van der Waals surface area contributed by atoms with Crippen molar-refractivity contribution in [2.75, 3.05) is 26.1 Å². The highest BCUT2D eigenvalue weighted by Gasteiger charge is 2.35. The number of anilines is 1. The minimum Gasteiger partial charge on any atom is -0.496 e. The standard InChI is InChI=1S/C24H27N3O5/c1-14(2)17-11-16(15(3)10-21(17)32-5)12-19-23(29)27(24(30)26-19)13-22(28)25-18-8-6-7-9-20(18)31-4/h6-12,14H,13H2,1-5H3,(H,25,28)(H,26,30)/b19-12+. The lowest BCUT2D eigenvalue weighted by Crippen LogP contribution is -2.38. The number of para-hydroxylation sites is 2. The van der Waals surface area contributed by atoms with Gasteiger partial charge in [-0.25, -0.2) is 9.69 Å². The molecule has 1 heterocycles. The monoisotopic (exact) mass is 437 g/mol. The van der Waals surface area contributed by atoms with Gasteiger partial charge in [0, 0.05) is 0 Å². The van der Waals surface area contributed by atoms with E-state index in [0.717, 1.165) is 27.3 Å². The lowest BCUT2D eigenvalue weighted by molar-refractivity contribution is -0.127. The molecule has 0 radical (unpaired) electrons. The second-order valence-corrected chi connectivity index (χ2v) is 7.73. The first-order chi connectivity index (χ1) is 15.2. The van der Waals surface area contributed by atoms with E-state index >= 15 is 0 Å². The van der Waals surface area contributed by atoms with E-state index in [9.17, 15) is 14.4 Å². The number of aryl methyl sites for hydroxylation is 1. The molecule has 0 unspecified atom stereocenters. The van der Waals surface area contributed by atoms with Crippen LogP contribution in [0.2, 0.25) is 0 Å². The molecule has 1 fully saturated rings. The zero-order valence-electron chi connectivity index (χ0n) is 18.8. The Hall–Kier alpha value is -3.81. The molecule has 0 aromatic heterocycles. The highest BCUT2D eigenvalue weighted by Crippen LogP contribution is 2.31. The molecule has 0 spiro atoms. The van der Waals surface area contributed by atoms with E-state index in [1.165, 1.54) is 7.11 Å². The topological polar surface area (TPSA) is 97.0 Å². The number of urea groups is 1. The third-order valence-corrected chi connectivity index (χ3v) is 5.19. The Kier molecular flexibility index (Phi) is 6.82. The maximum absolute atomic E-state index is 12.8. The van der Waals surface area contributed by atoms with Gasteiger partial charge in [0.25, 0.3) is 5.91 Å². The highest BCUT2D eigenvalue weighted by molar-refractivity contribution is 6.16. The quantitative estimate of drug-likeness (QED) is 0.509. The number of rotatable bonds is 7. The molecule has 8 heteroatoms. The Morgan fingerprint density at radius 1 is 1.12 bits per heavy atom. The van der Waals surface area contributed by atoms with Crippen molar-refractivity contribution in [3.8, 4) is 11.5 Å². The summed E-state index contributed by atoms with van der Waals surface area (Å²) in [6, 6.07) is 10.1. The Morgan fingerprint density at radius 2 is 1.81 bits per heavy atom. The molecule has 32 heavy (non-hydrogen) atoms. The number of benzene rings is 2. The molecule has 3 rings (SSSR count). The highest BCUT2D eigenvalue weighted by atomic mass is 16.5. The number of carbonyl (C=O) groups excluding carboxylic acids is 3.